The number of aromatic nitrogens is 2. The molecule has 68 valence electrons. The molecular weight excluding hydrogens is 200 g/mol. The summed E-state index contributed by atoms with van der Waals surface area (Å²) in [6, 6.07) is 6.07. The predicted molar refractivity (Wildman–Crippen MR) is 59.4 cm³/mol. The van der Waals surface area contributed by atoms with E-state index in [0.29, 0.717) is 0 Å². The van der Waals surface area contributed by atoms with Crippen LogP contribution < -0.4 is 0 Å². The van der Waals surface area contributed by atoms with Crippen molar-refractivity contribution in [2.75, 3.05) is 0 Å². The van der Waals surface area contributed by atoms with E-state index < -0.39 is 0 Å². The number of hydrogen-bond acceptors (Lipinski definition) is 4. The summed E-state index contributed by atoms with van der Waals surface area (Å²) in [5.74, 6) is 0. The molecule has 2 aromatic rings. The molecule has 0 aliphatic carbocycles. The third kappa shape index (κ3) is 1.56. The Hall–Kier alpha value is -0.610. The number of thiol groups is 1. The summed E-state index contributed by atoms with van der Waals surface area (Å²) in [6.45, 7) is 2.12. The minimum Gasteiger partial charge on any atom is -0.173 e. The van der Waals surface area contributed by atoms with Crippen molar-refractivity contribution in [1.82, 2.24) is 8.75 Å². The molecule has 4 heteroatoms. The van der Waals surface area contributed by atoms with Crippen LogP contribution in [0.5, 0.6) is 0 Å². The van der Waals surface area contributed by atoms with E-state index in [1.807, 2.05) is 12.1 Å². The first-order valence-corrected chi connectivity index (χ1v) is 5.47. The van der Waals surface area contributed by atoms with Crippen LogP contribution in [0.4, 0.5) is 0 Å². The van der Waals surface area contributed by atoms with Gasteiger partial charge in [0.25, 0.3) is 0 Å². The summed E-state index contributed by atoms with van der Waals surface area (Å²) >= 11 is 5.77. The summed E-state index contributed by atoms with van der Waals surface area (Å²) in [6.07, 6.45) is 1.01. The smallest absolute Gasteiger partial charge is 0.109 e. The van der Waals surface area contributed by atoms with Crippen molar-refractivity contribution in [3.05, 3.63) is 23.8 Å². The van der Waals surface area contributed by atoms with Gasteiger partial charge in [-0.25, -0.2) is 0 Å². The first-order valence-electron chi connectivity index (χ1n) is 4.22. The molecule has 0 N–H and O–H groups in total. The third-order valence-corrected chi connectivity index (χ3v) is 3.25. The van der Waals surface area contributed by atoms with E-state index in [0.717, 1.165) is 17.5 Å². The highest BCUT2D eigenvalue weighted by Gasteiger charge is 2.10. The van der Waals surface area contributed by atoms with Crippen molar-refractivity contribution in [1.29, 1.82) is 0 Å². The van der Waals surface area contributed by atoms with Crippen LogP contribution >= 0.6 is 24.4 Å². The van der Waals surface area contributed by atoms with E-state index >= 15 is 0 Å². The topological polar surface area (TPSA) is 25.8 Å². The third-order valence-electron chi connectivity index (χ3n) is 2.06. The fraction of sp³-hybridized carbons (Fsp3) is 0.333. The van der Waals surface area contributed by atoms with Crippen LogP contribution in [0, 0.1) is 0 Å². The van der Waals surface area contributed by atoms with Crippen LogP contribution in [-0.2, 0) is 0 Å². The van der Waals surface area contributed by atoms with Crippen LogP contribution in [0.2, 0.25) is 0 Å². The van der Waals surface area contributed by atoms with Gasteiger partial charge in [0.15, 0.2) is 0 Å². The maximum atomic E-state index is 4.51. The van der Waals surface area contributed by atoms with Crippen LogP contribution in [0.15, 0.2) is 18.2 Å². The minimum atomic E-state index is 0.271. The van der Waals surface area contributed by atoms with Gasteiger partial charge in [0.05, 0.1) is 11.7 Å². The molecule has 0 spiro atoms. The van der Waals surface area contributed by atoms with Crippen LogP contribution in [0.25, 0.3) is 11.0 Å². The van der Waals surface area contributed by atoms with Gasteiger partial charge in [-0.3, -0.25) is 0 Å². The number of nitrogens with zero attached hydrogens (tertiary/aromatic N) is 2. The van der Waals surface area contributed by atoms with Gasteiger partial charge in [-0.2, -0.15) is 21.4 Å². The molecule has 0 aliphatic heterocycles. The molecule has 0 radical (unpaired) electrons. The molecule has 1 unspecified atom stereocenters. The predicted octanol–water partition coefficient (Wildman–Crippen LogP) is 3.07. The Labute approximate surface area is 86.7 Å². The fourth-order valence-electron chi connectivity index (χ4n) is 1.32. The Bertz CT molecular complexity index is 411. The van der Waals surface area contributed by atoms with Crippen molar-refractivity contribution in [2.45, 2.75) is 18.6 Å². The highest BCUT2D eigenvalue weighted by molar-refractivity contribution is 7.80. The minimum absolute atomic E-state index is 0.271. The van der Waals surface area contributed by atoms with Crippen LogP contribution in [-0.4, -0.2) is 8.75 Å². The molecule has 0 aliphatic rings. The molecule has 1 aromatic heterocycles. The average molecular weight is 210 g/mol. The van der Waals surface area contributed by atoms with E-state index in [1.54, 1.807) is 0 Å². The molecule has 0 bridgehead atoms. The first-order chi connectivity index (χ1) is 6.33. The summed E-state index contributed by atoms with van der Waals surface area (Å²) in [4.78, 5) is 0. The molecule has 2 rings (SSSR count). The molecule has 2 nitrogen and oxygen atoms in total. The second kappa shape index (κ2) is 3.64. The SMILES string of the molecule is CCC(S)c1cccc2nsnc12. The second-order valence-corrected chi connectivity index (χ2v) is 4.06. The summed E-state index contributed by atoms with van der Waals surface area (Å²) in [7, 11) is 0. The lowest BCUT2D eigenvalue weighted by Gasteiger charge is -2.07. The van der Waals surface area contributed by atoms with Crippen molar-refractivity contribution in [2.24, 2.45) is 0 Å². The van der Waals surface area contributed by atoms with E-state index in [9.17, 15) is 0 Å². The van der Waals surface area contributed by atoms with Gasteiger partial charge in [0, 0.05) is 5.25 Å². The number of benzene rings is 1. The Morgan fingerprint density at radius 2 is 2.31 bits per heavy atom. The molecule has 1 aromatic carbocycles. The van der Waals surface area contributed by atoms with Gasteiger partial charge in [0.1, 0.15) is 11.0 Å². The molecular formula is C9H10N2S2. The Morgan fingerprint density at radius 3 is 3.08 bits per heavy atom. The Morgan fingerprint density at radius 1 is 1.46 bits per heavy atom. The Kier molecular flexibility index (Phi) is 2.51. The molecule has 1 heterocycles. The van der Waals surface area contributed by atoms with E-state index in [4.69, 9.17) is 0 Å². The Balaban J connectivity index is 2.60. The summed E-state index contributed by atoms with van der Waals surface area (Å²) in [5.41, 5.74) is 3.18. The van der Waals surface area contributed by atoms with Crippen molar-refractivity contribution < 1.29 is 0 Å². The lowest BCUT2D eigenvalue weighted by molar-refractivity contribution is 0.908. The second-order valence-electron chi connectivity index (χ2n) is 2.90. The van der Waals surface area contributed by atoms with Crippen molar-refractivity contribution in [3.63, 3.8) is 0 Å². The zero-order valence-corrected chi connectivity index (χ0v) is 8.98. The van der Waals surface area contributed by atoms with Crippen LogP contribution in [0.3, 0.4) is 0 Å². The molecule has 13 heavy (non-hydrogen) atoms. The number of fused-ring (bicyclic) bond motifs is 1. The standard InChI is InChI=1S/C9H10N2S2/c1-2-8(12)6-4-3-5-7-9(6)11-13-10-7/h3-5,8,12H,2H2,1H3. The number of rotatable bonds is 2. The average Bonchev–Trinajstić information content (AvgIpc) is 2.63. The van der Waals surface area contributed by atoms with Gasteiger partial charge >= 0.3 is 0 Å². The molecule has 0 amide bonds. The molecule has 0 fully saturated rings. The highest BCUT2D eigenvalue weighted by Crippen LogP contribution is 2.28. The van der Waals surface area contributed by atoms with E-state index in [1.165, 1.54) is 17.3 Å². The summed E-state index contributed by atoms with van der Waals surface area (Å²) in [5, 5.41) is 0.271. The van der Waals surface area contributed by atoms with Crippen molar-refractivity contribution in [3.8, 4) is 0 Å². The first kappa shape index (κ1) is 8.97. The monoisotopic (exact) mass is 210 g/mol. The normalized spacial score (nSPS) is 13.4. The lowest BCUT2D eigenvalue weighted by Crippen LogP contribution is -1.89. The quantitative estimate of drug-likeness (QED) is 0.771. The molecule has 0 saturated carbocycles. The van der Waals surface area contributed by atoms with Crippen LogP contribution in [0.1, 0.15) is 24.2 Å². The molecule has 0 saturated heterocycles. The summed E-state index contributed by atoms with van der Waals surface area (Å²) < 4.78 is 8.46. The zero-order chi connectivity index (χ0) is 9.26. The van der Waals surface area contributed by atoms with Gasteiger partial charge in [-0.15, -0.1) is 0 Å². The highest BCUT2D eigenvalue weighted by atomic mass is 32.1. The van der Waals surface area contributed by atoms with E-state index in [2.05, 4.69) is 34.4 Å². The van der Waals surface area contributed by atoms with Gasteiger partial charge in [-0.1, -0.05) is 19.1 Å². The maximum absolute atomic E-state index is 4.51. The van der Waals surface area contributed by atoms with E-state index in [-0.39, 0.29) is 5.25 Å². The zero-order valence-electron chi connectivity index (χ0n) is 7.27. The van der Waals surface area contributed by atoms with Gasteiger partial charge in [0.2, 0.25) is 0 Å². The van der Waals surface area contributed by atoms with Gasteiger partial charge < -0.3 is 0 Å². The van der Waals surface area contributed by atoms with Crippen molar-refractivity contribution >= 4 is 35.4 Å². The molecule has 1 atom stereocenters. The van der Waals surface area contributed by atoms with Gasteiger partial charge in [-0.05, 0) is 18.1 Å². The maximum Gasteiger partial charge on any atom is 0.109 e. The number of hydrogen-bond donors (Lipinski definition) is 1. The lowest BCUT2D eigenvalue weighted by atomic mass is 10.1. The largest absolute Gasteiger partial charge is 0.173 e. The fourth-order valence-corrected chi connectivity index (χ4v) is 2.08.